The summed E-state index contributed by atoms with van der Waals surface area (Å²) in [6.07, 6.45) is -24.6. The molecule has 0 rings (SSSR count). The first kappa shape index (κ1) is 26.6. The molecule has 168 valence electrons. The van der Waals surface area contributed by atoms with Gasteiger partial charge in [0.25, 0.3) is 0 Å². The van der Waals surface area contributed by atoms with E-state index >= 15 is 0 Å². The van der Waals surface area contributed by atoms with E-state index in [0.717, 1.165) is 0 Å². The molecule has 1 N–H and O–H groups in total. The van der Waals surface area contributed by atoms with E-state index in [1.54, 1.807) is 0 Å². The fraction of sp³-hybridized carbons (Fsp3) is 0.778. The third-order valence-corrected chi connectivity index (χ3v) is 3.92. The topological polar surface area (TPSA) is 54.4 Å². The van der Waals surface area contributed by atoms with Crippen LogP contribution in [-0.4, -0.2) is 54.3 Å². The first-order chi connectivity index (χ1) is 11.9. The van der Waals surface area contributed by atoms with Gasteiger partial charge in [-0.05, 0) is 0 Å². The van der Waals surface area contributed by atoms with Crippen LogP contribution in [-0.2, 0) is 10.1 Å². The Labute approximate surface area is 143 Å². The van der Waals surface area contributed by atoms with Crippen molar-refractivity contribution in [3.8, 4) is 0 Å². The largest absolute Gasteiger partial charge is 0.434 e. The van der Waals surface area contributed by atoms with Crippen molar-refractivity contribution in [2.45, 2.75) is 41.3 Å². The number of rotatable bonds is 7. The van der Waals surface area contributed by atoms with E-state index in [1.165, 1.54) is 0 Å². The summed E-state index contributed by atoms with van der Waals surface area (Å²) in [6, 6.07) is 0. The number of halogens is 15. The molecule has 0 radical (unpaired) electrons. The molecule has 19 heteroatoms. The van der Waals surface area contributed by atoms with Crippen molar-refractivity contribution in [1.29, 1.82) is 0 Å². The van der Waals surface area contributed by atoms with Crippen LogP contribution in [0.3, 0.4) is 0 Å². The van der Waals surface area contributed by atoms with Crippen LogP contribution >= 0.6 is 0 Å². The normalized spacial score (nSPS) is 19.0. The molecule has 0 saturated carbocycles. The van der Waals surface area contributed by atoms with E-state index in [9.17, 15) is 74.3 Å². The summed E-state index contributed by atoms with van der Waals surface area (Å²) in [5.74, 6) is -19.5. The standard InChI is InChI=1S/C9H3F15O3S/c10-1(3(12)13)2(11)6(16,17)5(15,8(20,21)22)4(14)7(18,19)9(23,24)28(25,26)27/h2,4H,(H,25,26,27). The Hall–Kier alpha value is -1.40. The zero-order chi connectivity index (χ0) is 23.3. The highest BCUT2D eigenvalue weighted by Gasteiger charge is 2.86. The minimum atomic E-state index is -7.90. The summed E-state index contributed by atoms with van der Waals surface area (Å²) in [7, 11) is -7.61. The van der Waals surface area contributed by atoms with Gasteiger partial charge >= 0.3 is 45.1 Å². The monoisotopic (exact) mass is 476 g/mol. The lowest BCUT2D eigenvalue weighted by molar-refractivity contribution is -0.361. The lowest BCUT2D eigenvalue weighted by Crippen LogP contribution is -2.71. The molecule has 0 bridgehead atoms. The predicted octanol–water partition coefficient (Wildman–Crippen LogP) is 4.76. The molecule has 0 amide bonds. The van der Waals surface area contributed by atoms with Gasteiger partial charge < -0.3 is 0 Å². The van der Waals surface area contributed by atoms with E-state index in [4.69, 9.17) is 4.55 Å². The summed E-state index contributed by atoms with van der Waals surface area (Å²) in [4.78, 5) is 0. The lowest BCUT2D eigenvalue weighted by atomic mass is 9.84. The molecular weight excluding hydrogens is 473 g/mol. The molecule has 0 aromatic rings. The Balaban J connectivity index is 6.91. The van der Waals surface area contributed by atoms with Crippen LogP contribution in [0.5, 0.6) is 0 Å². The first-order valence-electron chi connectivity index (χ1n) is 5.77. The van der Waals surface area contributed by atoms with Gasteiger partial charge in [0.1, 0.15) is 0 Å². The van der Waals surface area contributed by atoms with Gasteiger partial charge in [-0.15, -0.1) is 0 Å². The minimum Gasteiger partial charge on any atom is -0.281 e. The minimum absolute atomic E-state index is 4.18. The second kappa shape index (κ2) is 7.13. The Morgan fingerprint density at radius 2 is 1.11 bits per heavy atom. The van der Waals surface area contributed by atoms with Crippen LogP contribution in [0.25, 0.3) is 0 Å². The van der Waals surface area contributed by atoms with Gasteiger partial charge in [0.2, 0.25) is 18.2 Å². The van der Waals surface area contributed by atoms with Gasteiger partial charge in [-0.1, -0.05) is 0 Å². The molecule has 0 aromatic heterocycles. The van der Waals surface area contributed by atoms with E-state index in [0.29, 0.717) is 0 Å². The van der Waals surface area contributed by atoms with E-state index < -0.39 is 63.3 Å². The van der Waals surface area contributed by atoms with Crippen molar-refractivity contribution < 1.29 is 78.8 Å². The highest BCUT2D eigenvalue weighted by atomic mass is 32.2. The second-order valence-electron chi connectivity index (χ2n) is 4.78. The maximum Gasteiger partial charge on any atom is 0.434 e. The Morgan fingerprint density at radius 1 is 0.750 bits per heavy atom. The van der Waals surface area contributed by atoms with Crippen LogP contribution < -0.4 is 0 Å². The van der Waals surface area contributed by atoms with E-state index in [2.05, 4.69) is 0 Å². The van der Waals surface area contributed by atoms with Crippen molar-refractivity contribution in [1.82, 2.24) is 0 Å². The van der Waals surface area contributed by atoms with Gasteiger partial charge in [-0.2, -0.15) is 56.7 Å². The lowest BCUT2D eigenvalue weighted by Gasteiger charge is -2.41. The first-order valence-corrected chi connectivity index (χ1v) is 7.21. The zero-order valence-corrected chi connectivity index (χ0v) is 12.8. The fourth-order valence-corrected chi connectivity index (χ4v) is 1.96. The third kappa shape index (κ3) is 3.73. The van der Waals surface area contributed by atoms with Crippen molar-refractivity contribution in [3.63, 3.8) is 0 Å². The molecule has 0 heterocycles. The van der Waals surface area contributed by atoms with Crippen molar-refractivity contribution in [2.75, 3.05) is 0 Å². The van der Waals surface area contributed by atoms with Crippen LogP contribution in [0.1, 0.15) is 0 Å². The maximum atomic E-state index is 13.7. The summed E-state index contributed by atoms with van der Waals surface area (Å²) in [5, 5.41) is -7.41. The van der Waals surface area contributed by atoms with Crippen molar-refractivity contribution in [3.05, 3.63) is 11.9 Å². The van der Waals surface area contributed by atoms with Gasteiger partial charge in [0.05, 0.1) is 0 Å². The number of hydrogen-bond acceptors (Lipinski definition) is 2. The summed E-state index contributed by atoms with van der Waals surface area (Å²) in [6.45, 7) is 0. The SMILES string of the molecule is O=S(=O)(O)C(F)(F)C(F)(F)C(F)C(F)(C(F)(F)F)C(F)(F)C(F)C(F)=C(F)F. The Kier molecular flexibility index (Phi) is 6.78. The van der Waals surface area contributed by atoms with Crippen LogP contribution in [0.4, 0.5) is 65.9 Å². The van der Waals surface area contributed by atoms with Gasteiger partial charge in [0.15, 0.2) is 0 Å². The Morgan fingerprint density at radius 3 is 1.36 bits per heavy atom. The predicted molar refractivity (Wildman–Crippen MR) is 56.4 cm³/mol. The maximum absolute atomic E-state index is 13.7. The average Bonchev–Trinajstić information content (AvgIpc) is 2.48. The van der Waals surface area contributed by atoms with Crippen molar-refractivity contribution in [2.24, 2.45) is 0 Å². The molecule has 28 heavy (non-hydrogen) atoms. The van der Waals surface area contributed by atoms with Gasteiger partial charge in [-0.3, -0.25) is 4.55 Å². The van der Waals surface area contributed by atoms with Crippen LogP contribution in [0.2, 0.25) is 0 Å². The molecule has 3 nitrogen and oxygen atoms in total. The van der Waals surface area contributed by atoms with E-state index in [-0.39, 0.29) is 0 Å². The molecule has 0 aromatic carbocycles. The number of alkyl halides is 12. The van der Waals surface area contributed by atoms with Crippen LogP contribution in [0.15, 0.2) is 11.9 Å². The molecular formula is C9H3F15O3S. The summed E-state index contributed by atoms with van der Waals surface area (Å²) < 4.78 is 220. The fourth-order valence-electron chi connectivity index (χ4n) is 1.51. The summed E-state index contributed by atoms with van der Waals surface area (Å²) >= 11 is 0. The third-order valence-electron chi connectivity index (χ3n) is 3.00. The average molecular weight is 476 g/mol. The molecule has 0 spiro atoms. The zero-order valence-electron chi connectivity index (χ0n) is 12.0. The molecule has 0 saturated heterocycles. The molecule has 3 atom stereocenters. The van der Waals surface area contributed by atoms with Gasteiger partial charge in [-0.25, -0.2) is 17.6 Å². The van der Waals surface area contributed by atoms with Crippen LogP contribution in [0, 0.1) is 0 Å². The van der Waals surface area contributed by atoms with E-state index in [1.807, 2.05) is 0 Å². The molecule has 0 fully saturated rings. The molecule has 0 aliphatic heterocycles. The Bertz CT molecular complexity index is 722. The highest BCUT2D eigenvalue weighted by molar-refractivity contribution is 7.87. The quantitative estimate of drug-likeness (QED) is 0.426. The second-order valence-corrected chi connectivity index (χ2v) is 6.24. The van der Waals surface area contributed by atoms with Gasteiger partial charge in [0, 0.05) is 0 Å². The number of hydrogen-bond donors (Lipinski definition) is 1. The smallest absolute Gasteiger partial charge is 0.281 e. The van der Waals surface area contributed by atoms with Crippen molar-refractivity contribution >= 4 is 10.1 Å². The highest BCUT2D eigenvalue weighted by Crippen LogP contribution is 2.57. The molecule has 0 aliphatic rings. The molecule has 3 unspecified atom stereocenters. The summed E-state index contributed by atoms with van der Waals surface area (Å²) in [5.41, 5.74) is -7.90. The molecule has 0 aliphatic carbocycles. The number of allylic oxidation sites excluding steroid dienone is 1.